The second kappa shape index (κ2) is 5.34. The maximum atomic E-state index is 5.99. The molecule has 0 aliphatic heterocycles. The van der Waals surface area contributed by atoms with Crippen molar-refractivity contribution in [1.82, 2.24) is 0 Å². The molecule has 1 rings (SSSR count). The molecule has 0 saturated heterocycles. The van der Waals surface area contributed by atoms with Gasteiger partial charge in [-0.1, -0.05) is 37.3 Å². The summed E-state index contributed by atoms with van der Waals surface area (Å²) in [7, 11) is 0. The predicted octanol–water partition coefficient (Wildman–Crippen LogP) is 4.03. The maximum Gasteiger partial charge on any atom is 0.0573 e. The highest BCUT2D eigenvalue weighted by atomic mass is 35.5. The molecule has 74 valence electrons. The van der Waals surface area contributed by atoms with E-state index in [1.54, 1.807) is 0 Å². The van der Waals surface area contributed by atoms with Gasteiger partial charge >= 0.3 is 0 Å². The van der Waals surface area contributed by atoms with E-state index in [1.807, 2.05) is 18.2 Å². The van der Waals surface area contributed by atoms with Gasteiger partial charge in [0.25, 0.3) is 0 Å². The van der Waals surface area contributed by atoms with Gasteiger partial charge in [0, 0.05) is 16.9 Å². The molecule has 0 amide bonds. The summed E-state index contributed by atoms with van der Waals surface area (Å²) < 4.78 is 0. The molecule has 0 fully saturated rings. The van der Waals surface area contributed by atoms with Gasteiger partial charge in [-0.05, 0) is 24.1 Å². The number of thiol groups is 1. The van der Waals surface area contributed by atoms with Gasteiger partial charge in [0.2, 0.25) is 0 Å². The fourth-order valence-corrected chi connectivity index (χ4v) is 1.46. The average Bonchev–Trinajstić information content (AvgIpc) is 2.08. The van der Waals surface area contributed by atoms with Crippen LogP contribution in [0.4, 0.5) is 0 Å². The van der Waals surface area contributed by atoms with Crippen molar-refractivity contribution in [2.24, 2.45) is 5.92 Å². The lowest BCUT2D eigenvalue weighted by molar-refractivity contribution is 0.676. The monoisotopic (exact) mass is 224 g/mol. The minimum atomic E-state index is 0.602. The Bertz CT molecular complexity index is 372. The van der Waals surface area contributed by atoms with Crippen LogP contribution in [0.3, 0.4) is 0 Å². The summed E-state index contributed by atoms with van der Waals surface area (Å²) in [6.45, 7) is 4.29. The van der Waals surface area contributed by atoms with Crippen LogP contribution in [-0.2, 0) is 0 Å². The summed E-state index contributed by atoms with van der Waals surface area (Å²) in [5.41, 5.74) is 0.880. The molecule has 1 aromatic carbocycles. The second-order valence-electron chi connectivity index (χ2n) is 3.56. The van der Waals surface area contributed by atoms with Crippen LogP contribution in [0.5, 0.6) is 0 Å². The summed E-state index contributed by atoms with van der Waals surface area (Å²) in [5, 5.41) is 0.675. The fourth-order valence-electron chi connectivity index (χ4n) is 0.956. The van der Waals surface area contributed by atoms with E-state index in [0.29, 0.717) is 10.9 Å². The summed E-state index contributed by atoms with van der Waals surface area (Å²) >= 11 is 10.2. The van der Waals surface area contributed by atoms with Crippen LogP contribution in [0, 0.1) is 17.8 Å². The van der Waals surface area contributed by atoms with Gasteiger partial charge in [0.15, 0.2) is 0 Å². The van der Waals surface area contributed by atoms with Gasteiger partial charge < -0.3 is 0 Å². The third-order valence-corrected chi connectivity index (χ3v) is 2.28. The first-order chi connectivity index (χ1) is 6.59. The van der Waals surface area contributed by atoms with Crippen molar-refractivity contribution < 1.29 is 0 Å². The normalized spacial score (nSPS) is 9.79. The largest absolute Gasteiger partial charge is 0.143 e. The molecule has 0 heterocycles. The van der Waals surface area contributed by atoms with E-state index < -0.39 is 0 Å². The number of rotatable bonds is 1. The second-order valence-corrected chi connectivity index (χ2v) is 4.49. The zero-order chi connectivity index (χ0) is 10.6. The van der Waals surface area contributed by atoms with Crippen molar-refractivity contribution in [2.75, 3.05) is 0 Å². The molecule has 0 radical (unpaired) electrons. The molecule has 0 unspecified atom stereocenters. The Hall–Kier alpha value is -0.580. The van der Waals surface area contributed by atoms with Gasteiger partial charge in [0.05, 0.1) is 5.02 Å². The molecule has 0 saturated carbocycles. The van der Waals surface area contributed by atoms with Gasteiger partial charge in [-0.25, -0.2) is 0 Å². The Morgan fingerprint density at radius 3 is 2.71 bits per heavy atom. The van der Waals surface area contributed by atoms with Crippen LogP contribution >= 0.6 is 24.2 Å². The molecule has 0 spiro atoms. The SMILES string of the molecule is CC(C)CC#Cc1ccc(S)cc1Cl. The lowest BCUT2D eigenvalue weighted by Gasteiger charge is -1.97. The zero-order valence-electron chi connectivity index (χ0n) is 8.34. The molecule has 0 bridgehead atoms. The van der Waals surface area contributed by atoms with Crippen LogP contribution in [-0.4, -0.2) is 0 Å². The standard InChI is InChI=1S/C12H13ClS/c1-9(2)4-3-5-10-6-7-11(14)8-12(10)13/h6-9,14H,4H2,1-2H3. The highest BCUT2D eigenvalue weighted by Crippen LogP contribution is 2.18. The van der Waals surface area contributed by atoms with Crippen LogP contribution in [0.2, 0.25) is 5.02 Å². The van der Waals surface area contributed by atoms with E-state index in [1.165, 1.54) is 0 Å². The van der Waals surface area contributed by atoms with Crippen molar-refractivity contribution in [3.8, 4) is 11.8 Å². The smallest absolute Gasteiger partial charge is 0.0573 e. The van der Waals surface area contributed by atoms with Crippen LogP contribution in [0.15, 0.2) is 23.1 Å². The van der Waals surface area contributed by atoms with E-state index in [2.05, 4.69) is 38.3 Å². The predicted molar refractivity (Wildman–Crippen MR) is 65.0 cm³/mol. The fraction of sp³-hybridized carbons (Fsp3) is 0.333. The van der Waals surface area contributed by atoms with E-state index in [4.69, 9.17) is 11.6 Å². The Labute approximate surface area is 96.1 Å². The number of hydrogen-bond acceptors (Lipinski definition) is 1. The molecule has 0 aromatic heterocycles. The van der Waals surface area contributed by atoms with Gasteiger partial charge in [0.1, 0.15) is 0 Å². The Morgan fingerprint density at radius 2 is 2.14 bits per heavy atom. The molecule has 0 aliphatic carbocycles. The number of hydrogen-bond donors (Lipinski definition) is 1. The maximum absolute atomic E-state index is 5.99. The number of halogens is 1. The molecule has 14 heavy (non-hydrogen) atoms. The van der Waals surface area contributed by atoms with E-state index >= 15 is 0 Å². The summed E-state index contributed by atoms with van der Waals surface area (Å²) in [6.07, 6.45) is 0.902. The highest BCUT2D eigenvalue weighted by Gasteiger charge is 1.96. The molecule has 0 aliphatic rings. The van der Waals surface area contributed by atoms with Gasteiger partial charge in [-0.2, -0.15) is 0 Å². The first-order valence-corrected chi connectivity index (χ1v) is 5.39. The molecular formula is C12H13ClS. The van der Waals surface area contributed by atoms with E-state index in [9.17, 15) is 0 Å². The van der Waals surface area contributed by atoms with Crippen molar-refractivity contribution in [1.29, 1.82) is 0 Å². The van der Waals surface area contributed by atoms with Crippen LogP contribution in [0.25, 0.3) is 0 Å². The van der Waals surface area contributed by atoms with Gasteiger partial charge in [-0.15, -0.1) is 12.6 Å². The first kappa shape index (κ1) is 11.5. The third kappa shape index (κ3) is 3.65. The van der Waals surface area contributed by atoms with Crippen molar-refractivity contribution >= 4 is 24.2 Å². The first-order valence-electron chi connectivity index (χ1n) is 4.57. The molecule has 0 atom stereocenters. The summed E-state index contributed by atoms with van der Waals surface area (Å²) in [5.74, 6) is 6.76. The Morgan fingerprint density at radius 1 is 1.43 bits per heavy atom. The number of benzene rings is 1. The lowest BCUT2D eigenvalue weighted by Crippen LogP contribution is -1.83. The van der Waals surface area contributed by atoms with Gasteiger partial charge in [-0.3, -0.25) is 0 Å². The van der Waals surface area contributed by atoms with E-state index in [0.717, 1.165) is 16.9 Å². The molecule has 1 aromatic rings. The van der Waals surface area contributed by atoms with E-state index in [-0.39, 0.29) is 0 Å². The third-order valence-electron chi connectivity index (χ3n) is 1.69. The molecule has 0 N–H and O–H groups in total. The minimum Gasteiger partial charge on any atom is -0.143 e. The summed E-state index contributed by atoms with van der Waals surface area (Å²) in [4.78, 5) is 0.865. The van der Waals surface area contributed by atoms with Crippen LogP contribution in [0.1, 0.15) is 25.8 Å². The Balaban J connectivity index is 2.80. The summed E-state index contributed by atoms with van der Waals surface area (Å²) in [6, 6.07) is 5.61. The molecule has 0 nitrogen and oxygen atoms in total. The lowest BCUT2D eigenvalue weighted by atomic mass is 10.1. The average molecular weight is 225 g/mol. The highest BCUT2D eigenvalue weighted by molar-refractivity contribution is 7.80. The Kier molecular flexibility index (Phi) is 4.38. The minimum absolute atomic E-state index is 0.602. The zero-order valence-corrected chi connectivity index (χ0v) is 9.99. The topological polar surface area (TPSA) is 0 Å². The molecule has 2 heteroatoms. The van der Waals surface area contributed by atoms with Crippen LogP contribution < -0.4 is 0 Å². The van der Waals surface area contributed by atoms with Crippen molar-refractivity contribution in [3.05, 3.63) is 28.8 Å². The van der Waals surface area contributed by atoms with Crippen molar-refractivity contribution in [3.63, 3.8) is 0 Å². The molecular weight excluding hydrogens is 212 g/mol. The van der Waals surface area contributed by atoms with Crippen molar-refractivity contribution in [2.45, 2.75) is 25.2 Å². The quantitative estimate of drug-likeness (QED) is 0.541.